The number of hydrogen-bond donors (Lipinski definition) is 1. The molecular weight excluding hydrogens is 283 g/mol. The molecule has 0 atom stereocenters. The van der Waals surface area contributed by atoms with Gasteiger partial charge in [-0.15, -0.1) is 0 Å². The van der Waals surface area contributed by atoms with Crippen LogP contribution in [0.15, 0.2) is 36.7 Å². The first-order valence-corrected chi connectivity index (χ1v) is 7.37. The monoisotopic (exact) mass is 300 g/mol. The average Bonchev–Trinajstić information content (AvgIpc) is 2.58. The number of halogens is 1. The number of rotatable bonds is 3. The zero-order valence-corrected chi connectivity index (χ0v) is 12.1. The number of piperidine rings is 1. The molecule has 0 aliphatic carbocycles. The first-order chi connectivity index (χ1) is 10.7. The number of benzene rings is 1. The number of amides is 1. The number of aromatic nitrogens is 2. The number of para-hydroxylation sites is 1. The molecule has 1 aliphatic heterocycles. The lowest BCUT2D eigenvalue weighted by Gasteiger charge is -2.26. The summed E-state index contributed by atoms with van der Waals surface area (Å²) in [5, 5.41) is 2.52. The number of anilines is 2. The molecule has 3 rings (SSSR count). The lowest BCUT2D eigenvalue weighted by Crippen LogP contribution is -2.31. The van der Waals surface area contributed by atoms with Gasteiger partial charge in [0.15, 0.2) is 0 Å². The molecule has 6 heteroatoms. The van der Waals surface area contributed by atoms with E-state index in [4.69, 9.17) is 0 Å². The number of carbonyl (C=O) groups excluding carboxylic acids is 1. The van der Waals surface area contributed by atoms with Crippen molar-refractivity contribution in [2.75, 3.05) is 23.3 Å². The standard InChI is InChI=1S/C16H17FN4O/c17-13-6-2-3-7-14(13)20-15(22)12-10-18-16(19-11-12)21-8-4-1-5-9-21/h2-3,6-7,10-11H,1,4-5,8-9H2,(H,20,22). The first-order valence-electron chi connectivity index (χ1n) is 7.37. The topological polar surface area (TPSA) is 58.1 Å². The molecule has 1 N–H and O–H groups in total. The van der Waals surface area contributed by atoms with E-state index in [0.29, 0.717) is 11.5 Å². The Morgan fingerprint density at radius 2 is 1.77 bits per heavy atom. The minimum Gasteiger partial charge on any atom is -0.341 e. The van der Waals surface area contributed by atoms with E-state index < -0.39 is 11.7 Å². The zero-order chi connectivity index (χ0) is 15.4. The van der Waals surface area contributed by atoms with Crippen LogP contribution in [0.1, 0.15) is 29.6 Å². The van der Waals surface area contributed by atoms with Gasteiger partial charge in [0.25, 0.3) is 5.91 Å². The Hall–Kier alpha value is -2.50. The van der Waals surface area contributed by atoms with Crippen LogP contribution in [0.25, 0.3) is 0 Å². The third kappa shape index (κ3) is 3.21. The molecule has 2 aromatic rings. The zero-order valence-electron chi connectivity index (χ0n) is 12.1. The summed E-state index contributed by atoms with van der Waals surface area (Å²) in [6.45, 7) is 1.89. The fourth-order valence-electron chi connectivity index (χ4n) is 2.45. The molecule has 0 spiro atoms. The summed E-state index contributed by atoms with van der Waals surface area (Å²) in [5.41, 5.74) is 0.455. The fraction of sp³-hybridized carbons (Fsp3) is 0.312. The predicted molar refractivity (Wildman–Crippen MR) is 82.4 cm³/mol. The van der Waals surface area contributed by atoms with E-state index in [1.165, 1.54) is 30.9 Å². The van der Waals surface area contributed by atoms with Gasteiger partial charge < -0.3 is 10.2 Å². The van der Waals surface area contributed by atoms with Crippen LogP contribution in [-0.2, 0) is 0 Å². The van der Waals surface area contributed by atoms with Crippen molar-refractivity contribution in [3.63, 3.8) is 0 Å². The molecule has 1 amide bonds. The van der Waals surface area contributed by atoms with Crippen molar-refractivity contribution < 1.29 is 9.18 Å². The van der Waals surface area contributed by atoms with Crippen LogP contribution in [0.2, 0.25) is 0 Å². The van der Waals surface area contributed by atoms with Crippen molar-refractivity contribution in [1.82, 2.24) is 9.97 Å². The van der Waals surface area contributed by atoms with Gasteiger partial charge in [-0.25, -0.2) is 14.4 Å². The Labute approximate surface area is 128 Å². The molecule has 1 aromatic carbocycles. The van der Waals surface area contributed by atoms with Crippen LogP contribution in [0.4, 0.5) is 16.0 Å². The van der Waals surface area contributed by atoms with Gasteiger partial charge in [-0.1, -0.05) is 12.1 Å². The van der Waals surface area contributed by atoms with Gasteiger partial charge in [0.1, 0.15) is 5.82 Å². The SMILES string of the molecule is O=C(Nc1ccccc1F)c1cnc(N2CCCCC2)nc1. The van der Waals surface area contributed by atoms with Gasteiger partial charge in [0, 0.05) is 25.5 Å². The average molecular weight is 300 g/mol. The molecule has 1 aliphatic rings. The molecule has 0 radical (unpaired) electrons. The number of nitrogens with one attached hydrogen (secondary N) is 1. The molecule has 2 heterocycles. The minimum atomic E-state index is -0.471. The highest BCUT2D eigenvalue weighted by Gasteiger charge is 2.15. The molecule has 1 aromatic heterocycles. The van der Waals surface area contributed by atoms with E-state index in [2.05, 4.69) is 20.2 Å². The number of carbonyl (C=O) groups is 1. The van der Waals surface area contributed by atoms with E-state index >= 15 is 0 Å². The van der Waals surface area contributed by atoms with Crippen molar-refractivity contribution in [3.8, 4) is 0 Å². The molecule has 114 valence electrons. The first kappa shape index (κ1) is 14.4. The third-order valence-corrected chi connectivity index (χ3v) is 3.66. The van der Waals surface area contributed by atoms with Crippen LogP contribution < -0.4 is 10.2 Å². The summed E-state index contributed by atoms with van der Waals surface area (Å²) in [4.78, 5) is 22.7. The summed E-state index contributed by atoms with van der Waals surface area (Å²) < 4.78 is 13.5. The fourth-order valence-corrected chi connectivity index (χ4v) is 2.45. The van der Waals surface area contributed by atoms with Gasteiger partial charge in [0.05, 0.1) is 11.3 Å². The Morgan fingerprint density at radius 1 is 1.09 bits per heavy atom. The van der Waals surface area contributed by atoms with Crippen molar-refractivity contribution in [1.29, 1.82) is 0 Å². The van der Waals surface area contributed by atoms with Crippen molar-refractivity contribution >= 4 is 17.5 Å². The molecular formula is C16H17FN4O. The van der Waals surface area contributed by atoms with Crippen molar-refractivity contribution in [2.45, 2.75) is 19.3 Å². The Kier molecular flexibility index (Phi) is 4.27. The van der Waals surface area contributed by atoms with Gasteiger partial charge >= 0.3 is 0 Å². The quantitative estimate of drug-likeness (QED) is 0.947. The molecule has 22 heavy (non-hydrogen) atoms. The second kappa shape index (κ2) is 6.51. The molecule has 5 nitrogen and oxygen atoms in total. The van der Waals surface area contributed by atoms with Crippen LogP contribution >= 0.6 is 0 Å². The highest BCUT2D eigenvalue weighted by Crippen LogP contribution is 2.16. The van der Waals surface area contributed by atoms with Gasteiger partial charge in [0.2, 0.25) is 5.95 Å². The Morgan fingerprint density at radius 3 is 2.45 bits per heavy atom. The second-order valence-corrected chi connectivity index (χ2v) is 5.25. The smallest absolute Gasteiger partial charge is 0.258 e. The van der Waals surface area contributed by atoms with Gasteiger partial charge in [-0.2, -0.15) is 0 Å². The molecule has 1 fully saturated rings. The maximum atomic E-state index is 13.5. The van der Waals surface area contributed by atoms with Crippen LogP contribution in [-0.4, -0.2) is 29.0 Å². The summed E-state index contributed by atoms with van der Waals surface area (Å²) in [6.07, 6.45) is 6.47. The molecule has 0 saturated carbocycles. The van der Waals surface area contributed by atoms with E-state index in [1.54, 1.807) is 12.1 Å². The lowest BCUT2D eigenvalue weighted by atomic mass is 10.1. The molecule has 0 bridgehead atoms. The number of nitrogens with zero attached hydrogens (tertiary/aromatic N) is 3. The second-order valence-electron chi connectivity index (χ2n) is 5.25. The normalized spacial score (nSPS) is 14.7. The van der Waals surface area contributed by atoms with Gasteiger partial charge in [-0.05, 0) is 31.4 Å². The Bertz CT molecular complexity index is 653. The van der Waals surface area contributed by atoms with Crippen molar-refractivity contribution in [3.05, 3.63) is 48.0 Å². The summed E-state index contributed by atoms with van der Waals surface area (Å²) in [7, 11) is 0. The predicted octanol–water partition coefficient (Wildman–Crippen LogP) is 2.86. The van der Waals surface area contributed by atoms with E-state index in [1.807, 2.05) is 0 Å². The van der Waals surface area contributed by atoms with Gasteiger partial charge in [-0.3, -0.25) is 4.79 Å². The van der Waals surface area contributed by atoms with Crippen LogP contribution in [0, 0.1) is 5.82 Å². The third-order valence-electron chi connectivity index (χ3n) is 3.66. The summed E-state index contributed by atoms with van der Waals surface area (Å²) in [5.74, 6) is -0.251. The van der Waals surface area contributed by atoms with Crippen LogP contribution in [0.3, 0.4) is 0 Å². The number of hydrogen-bond acceptors (Lipinski definition) is 4. The molecule has 1 saturated heterocycles. The largest absolute Gasteiger partial charge is 0.341 e. The maximum Gasteiger partial charge on any atom is 0.258 e. The maximum absolute atomic E-state index is 13.5. The highest BCUT2D eigenvalue weighted by molar-refractivity contribution is 6.03. The van der Waals surface area contributed by atoms with Crippen molar-refractivity contribution in [2.24, 2.45) is 0 Å². The highest BCUT2D eigenvalue weighted by atomic mass is 19.1. The van der Waals surface area contributed by atoms with E-state index in [-0.39, 0.29) is 5.69 Å². The van der Waals surface area contributed by atoms with E-state index in [9.17, 15) is 9.18 Å². The van der Waals surface area contributed by atoms with Crippen LogP contribution in [0.5, 0.6) is 0 Å². The minimum absolute atomic E-state index is 0.146. The van der Waals surface area contributed by atoms with E-state index in [0.717, 1.165) is 25.9 Å². The summed E-state index contributed by atoms with van der Waals surface area (Å²) in [6, 6.07) is 6.04. The lowest BCUT2D eigenvalue weighted by molar-refractivity contribution is 0.102. The summed E-state index contributed by atoms with van der Waals surface area (Å²) >= 11 is 0. The Balaban J connectivity index is 1.69. The molecule has 0 unspecified atom stereocenters.